The van der Waals surface area contributed by atoms with E-state index in [1.807, 2.05) is 34.6 Å². The minimum Gasteiger partial charge on any atom is -0.466 e. The van der Waals surface area contributed by atoms with E-state index in [9.17, 15) is 13.2 Å². The molecule has 23 heavy (non-hydrogen) atoms. The number of rotatable bonds is 7. The Kier molecular flexibility index (Phi) is 6.77. The molecule has 1 aromatic rings. The van der Waals surface area contributed by atoms with Crippen molar-refractivity contribution in [1.82, 2.24) is 4.72 Å². The Bertz CT molecular complexity index is 664. The van der Waals surface area contributed by atoms with Crippen LogP contribution in [0.1, 0.15) is 47.6 Å². The van der Waals surface area contributed by atoms with Crippen LogP contribution < -0.4 is 4.72 Å². The van der Waals surface area contributed by atoms with Crippen LogP contribution in [0.4, 0.5) is 0 Å². The molecular weight excluding hydrogens is 314 g/mol. The van der Waals surface area contributed by atoms with Crippen molar-refractivity contribution in [2.24, 2.45) is 0 Å². The van der Waals surface area contributed by atoms with Gasteiger partial charge in [-0.25, -0.2) is 13.1 Å². The molecular formula is C17H27NO4S. The van der Waals surface area contributed by atoms with Crippen LogP contribution in [0.3, 0.4) is 0 Å². The van der Waals surface area contributed by atoms with E-state index in [0.29, 0.717) is 17.9 Å². The van der Waals surface area contributed by atoms with Gasteiger partial charge in [0.05, 0.1) is 11.5 Å². The quantitative estimate of drug-likeness (QED) is 0.611. The monoisotopic (exact) mass is 341 g/mol. The minimum atomic E-state index is -3.60. The van der Waals surface area contributed by atoms with Crippen LogP contribution in [0.5, 0.6) is 0 Å². The third-order valence-corrected chi connectivity index (χ3v) is 6.09. The lowest BCUT2D eigenvalue weighted by Crippen LogP contribution is -2.27. The highest BCUT2D eigenvalue weighted by Gasteiger charge is 2.23. The van der Waals surface area contributed by atoms with Gasteiger partial charge in [0, 0.05) is 13.0 Å². The van der Waals surface area contributed by atoms with Crippen LogP contribution in [-0.4, -0.2) is 27.5 Å². The highest BCUT2D eigenvalue weighted by atomic mass is 32.2. The first kappa shape index (κ1) is 19.6. The maximum atomic E-state index is 12.6. The first-order chi connectivity index (χ1) is 10.6. The van der Waals surface area contributed by atoms with Crippen molar-refractivity contribution in [3.05, 3.63) is 27.8 Å². The van der Waals surface area contributed by atoms with Crippen LogP contribution in [-0.2, 0) is 19.6 Å². The molecule has 0 aliphatic heterocycles. The van der Waals surface area contributed by atoms with E-state index in [1.165, 1.54) is 0 Å². The van der Waals surface area contributed by atoms with Gasteiger partial charge in [-0.2, -0.15) is 0 Å². The number of nitrogens with one attached hydrogen (secondary N) is 1. The fourth-order valence-corrected chi connectivity index (χ4v) is 4.28. The lowest BCUT2D eigenvalue weighted by Gasteiger charge is -2.19. The Morgan fingerprint density at radius 1 is 0.957 bits per heavy atom. The smallest absolute Gasteiger partial charge is 0.305 e. The molecule has 0 atom stereocenters. The van der Waals surface area contributed by atoms with Crippen LogP contribution in [0.2, 0.25) is 0 Å². The maximum absolute atomic E-state index is 12.6. The molecule has 0 saturated carbocycles. The molecule has 0 spiro atoms. The van der Waals surface area contributed by atoms with E-state index < -0.39 is 10.0 Å². The van der Waals surface area contributed by atoms with Crippen molar-refractivity contribution >= 4 is 16.0 Å². The highest BCUT2D eigenvalue weighted by molar-refractivity contribution is 7.89. The molecule has 0 aromatic heterocycles. The Hall–Kier alpha value is -1.40. The number of sulfonamides is 1. The SMILES string of the molecule is CCOC(=O)CCCNS(=O)(=O)c1c(C)c(C)c(C)c(C)c1C. The van der Waals surface area contributed by atoms with Crippen molar-refractivity contribution in [1.29, 1.82) is 0 Å². The summed E-state index contributed by atoms with van der Waals surface area (Å²) >= 11 is 0. The van der Waals surface area contributed by atoms with E-state index in [0.717, 1.165) is 27.8 Å². The molecule has 0 aliphatic rings. The van der Waals surface area contributed by atoms with Gasteiger partial charge < -0.3 is 4.74 Å². The van der Waals surface area contributed by atoms with Gasteiger partial charge in [-0.05, 0) is 75.8 Å². The predicted molar refractivity (Wildman–Crippen MR) is 91.2 cm³/mol. The summed E-state index contributed by atoms with van der Waals surface area (Å²) < 4.78 is 32.7. The third kappa shape index (κ3) is 4.54. The summed E-state index contributed by atoms with van der Waals surface area (Å²) in [6, 6.07) is 0. The van der Waals surface area contributed by atoms with E-state index >= 15 is 0 Å². The number of carbonyl (C=O) groups is 1. The molecule has 1 aromatic carbocycles. The van der Waals surface area contributed by atoms with Crippen molar-refractivity contribution in [2.45, 2.75) is 59.3 Å². The molecule has 5 nitrogen and oxygen atoms in total. The summed E-state index contributed by atoms with van der Waals surface area (Å²) in [5.41, 5.74) is 4.69. The Morgan fingerprint density at radius 2 is 1.43 bits per heavy atom. The Balaban J connectivity index is 2.92. The van der Waals surface area contributed by atoms with E-state index in [-0.39, 0.29) is 18.9 Å². The lowest BCUT2D eigenvalue weighted by atomic mass is 9.95. The molecule has 6 heteroatoms. The van der Waals surface area contributed by atoms with Crippen LogP contribution in [0, 0.1) is 34.6 Å². The standard InChI is InChI=1S/C17H27NO4S/c1-7-22-16(19)9-8-10-18-23(20,21)17-14(5)12(3)11(2)13(4)15(17)6/h18H,7-10H2,1-6H3. The zero-order valence-electron chi connectivity index (χ0n) is 14.9. The number of esters is 1. The number of benzene rings is 1. The summed E-state index contributed by atoms with van der Waals surface area (Å²) in [5, 5.41) is 0. The summed E-state index contributed by atoms with van der Waals surface area (Å²) in [6.45, 7) is 11.9. The van der Waals surface area contributed by atoms with Crippen LogP contribution in [0.15, 0.2) is 4.90 Å². The molecule has 0 saturated heterocycles. The normalized spacial score (nSPS) is 11.6. The van der Waals surface area contributed by atoms with Gasteiger partial charge >= 0.3 is 5.97 Å². The van der Waals surface area contributed by atoms with Gasteiger partial charge in [-0.1, -0.05) is 0 Å². The van der Waals surface area contributed by atoms with Gasteiger partial charge in [-0.3, -0.25) is 4.79 Å². The molecule has 0 amide bonds. The zero-order valence-corrected chi connectivity index (χ0v) is 15.7. The third-order valence-electron chi connectivity index (χ3n) is 4.35. The van der Waals surface area contributed by atoms with E-state index in [2.05, 4.69) is 4.72 Å². The first-order valence-electron chi connectivity index (χ1n) is 7.85. The predicted octanol–water partition coefficient (Wildman–Crippen LogP) is 2.85. The van der Waals surface area contributed by atoms with Gasteiger partial charge in [-0.15, -0.1) is 0 Å². The first-order valence-corrected chi connectivity index (χ1v) is 9.34. The van der Waals surface area contributed by atoms with Crippen molar-refractivity contribution in [3.63, 3.8) is 0 Å². The fraction of sp³-hybridized carbons (Fsp3) is 0.588. The van der Waals surface area contributed by atoms with Crippen LogP contribution >= 0.6 is 0 Å². The zero-order chi connectivity index (χ0) is 17.8. The molecule has 0 unspecified atom stereocenters. The van der Waals surface area contributed by atoms with E-state index in [4.69, 9.17) is 4.74 Å². The number of hydrogen-bond donors (Lipinski definition) is 1. The number of carbonyl (C=O) groups excluding carboxylic acids is 1. The molecule has 1 rings (SSSR count). The topological polar surface area (TPSA) is 72.5 Å². The Labute approximate surface area is 139 Å². The molecule has 130 valence electrons. The van der Waals surface area contributed by atoms with Crippen molar-refractivity contribution in [3.8, 4) is 0 Å². The number of hydrogen-bond acceptors (Lipinski definition) is 4. The summed E-state index contributed by atoms with van der Waals surface area (Å²) in [5.74, 6) is -0.305. The van der Waals surface area contributed by atoms with Gasteiger partial charge in [0.15, 0.2) is 0 Å². The van der Waals surface area contributed by atoms with Crippen molar-refractivity contribution < 1.29 is 17.9 Å². The summed E-state index contributed by atoms with van der Waals surface area (Å²) in [6.07, 6.45) is 0.625. The second-order valence-electron chi connectivity index (χ2n) is 5.76. The maximum Gasteiger partial charge on any atom is 0.305 e. The second-order valence-corrected chi connectivity index (χ2v) is 7.46. The van der Waals surface area contributed by atoms with Gasteiger partial charge in [0.1, 0.15) is 0 Å². The molecule has 0 heterocycles. The number of ether oxygens (including phenoxy) is 1. The highest BCUT2D eigenvalue weighted by Crippen LogP contribution is 2.29. The lowest BCUT2D eigenvalue weighted by molar-refractivity contribution is -0.143. The second kappa shape index (κ2) is 7.93. The van der Waals surface area contributed by atoms with Gasteiger partial charge in [0.2, 0.25) is 10.0 Å². The van der Waals surface area contributed by atoms with E-state index in [1.54, 1.807) is 6.92 Å². The van der Waals surface area contributed by atoms with Crippen molar-refractivity contribution in [2.75, 3.05) is 13.2 Å². The largest absolute Gasteiger partial charge is 0.466 e. The molecule has 0 aliphatic carbocycles. The summed E-state index contributed by atoms with van der Waals surface area (Å²) in [4.78, 5) is 11.6. The molecule has 0 bridgehead atoms. The average molecular weight is 341 g/mol. The fourth-order valence-electron chi connectivity index (χ4n) is 2.61. The molecule has 0 fully saturated rings. The molecule has 0 radical (unpaired) electrons. The van der Waals surface area contributed by atoms with Gasteiger partial charge in [0.25, 0.3) is 0 Å². The minimum absolute atomic E-state index is 0.209. The summed E-state index contributed by atoms with van der Waals surface area (Å²) in [7, 11) is -3.60. The Morgan fingerprint density at radius 3 is 1.91 bits per heavy atom. The molecule has 1 N–H and O–H groups in total. The average Bonchev–Trinajstić information content (AvgIpc) is 2.48. The van der Waals surface area contributed by atoms with Crippen LogP contribution in [0.25, 0.3) is 0 Å².